The monoisotopic (exact) mass is 405 g/mol. The lowest BCUT2D eigenvalue weighted by molar-refractivity contribution is -0.384. The first-order valence-corrected chi connectivity index (χ1v) is 9.35. The molecule has 0 saturated heterocycles. The molecular weight excluding hydrogens is 382 g/mol. The van der Waals surface area contributed by atoms with Crippen LogP contribution in [0.2, 0.25) is 0 Å². The fourth-order valence-corrected chi connectivity index (χ4v) is 3.01. The van der Waals surface area contributed by atoms with E-state index in [0.717, 1.165) is 11.3 Å². The van der Waals surface area contributed by atoms with E-state index in [1.165, 1.54) is 24.3 Å². The minimum absolute atomic E-state index is 0.0539. The van der Waals surface area contributed by atoms with E-state index in [2.05, 4.69) is 0 Å². The van der Waals surface area contributed by atoms with Gasteiger partial charge in [0.15, 0.2) is 0 Å². The standard InChI is InChI=1S/C23H23N3O4/c1-24(2)19-8-4-17(5-9-19)16-25(20-12-14-22(30-3)15-13-20)23(27)18-6-10-21(11-7-18)26(28)29/h4-15H,16H2,1-3H3. The number of non-ortho nitro benzene ring substituents is 1. The fraction of sp³-hybridized carbons (Fsp3) is 0.174. The van der Waals surface area contributed by atoms with Gasteiger partial charge < -0.3 is 14.5 Å². The molecule has 0 saturated carbocycles. The number of hydrogen-bond acceptors (Lipinski definition) is 5. The Hall–Kier alpha value is -3.87. The maximum absolute atomic E-state index is 13.3. The molecule has 7 heteroatoms. The second-order valence-electron chi connectivity index (χ2n) is 6.95. The van der Waals surface area contributed by atoms with Gasteiger partial charge in [0.05, 0.1) is 18.6 Å². The molecule has 3 rings (SSSR count). The van der Waals surface area contributed by atoms with E-state index in [1.807, 2.05) is 55.4 Å². The van der Waals surface area contributed by atoms with Crippen molar-refractivity contribution in [2.45, 2.75) is 6.54 Å². The minimum atomic E-state index is -0.484. The van der Waals surface area contributed by atoms with Crippen LogP contribution < -0.4 is 14.5 Å². The number of nitrogens with zero attached hydrogens (tertiary/aromatic N) is 3. The Morgan fingerprint density at radius 3 is 1.97 bits per heavy atom. The van der Waals surface area contributed by atoms with Gasteiger partial charge in [-0.2, -0.15) is 0 Å². The predicted molar refractivity (Wildman–Crippen MR) is 117 cm³/mol. The molecule has 0 aliphatic carbocycles. The van der Waals surface area contributed by atoms with Crippen LogP contribution in [0.4, 0.5) is 17.1 Å². The number of hydrogen-bond donors (Lipinski definition) is 0. The summed E-state index contributed by atoms with van der Waals surface area (Å²) in [5, 5.41) is 10.9. The molecule has 0 spiro atoms. The lowest BCUT2D eigenvalue weighted by Gasteiger charge is -2.24. The average Bonchev–Trinajstić information content (AvgIpc) is 2.77. The maximum atomic E-state index is 13.3. The van der Waals surface area contributed by atoms with Crippen LogP contribution in [-0.2, 0) is 6.54 Å². The largest absolute Gasteiger partial charge is 0.497 e. The Morgan fingerprint density at radius 2 is 1.47 bits per heavy atom. The Balaban J connectivity index is 1.93. The topological polar surface area (TPSA) is 75.9 Å². The number of nitro benzene ring substituents is 1. The number of rotatable bonds is 7. The molecule has 0 bridgehead atoms. The molecule has 0 aliphatic heterocycles. The van der Waals surface area contributed by atoms with Gasteiger partial charge >= 0.3 is 0 Å². The van der Waals surface area contributed by atoms with Crippen molar-refractivity contribution in [3.8, 4) is 5.75 Å². The third-order valence-electron chi connectivity index (χ3n) is 4.75. The van der Waals surface area contributed by atoms with E-state index in [4.69, 9.17) is 4.74 Å². The summed E-state index contributed by atoms with van der Waals surface area (Å²) in [7, 11) is 5.52. The summed E-state index contributed by atoms with van der Waals surface area (Å²) < 4.78 is 5.21. The molecule has 0 radical (unpaired) electrons. The number of amides is 1. The van der Waals surface area contributed by atoms with Crippen molar-refractivity contribution in [2.24, 2.45) is 0 Å². The molecule has 0 aromatic heterocycles. The van der Waals surface area contributed by atoms with Gasteiger partial charge in [0.1, 0.15) is 5.75 Å². The fourth-order valence-electron chi connectivity index (χ4n) is 3.01. The summed E-state index contributed by atoms with van der Waals surface area (Å²) in [6.45, 7) is 0.357. The Bertz CT molecular complexity index is 1010. The van der Waals surface area contributed by atoms with Crippen molar-refractivity contribution < 1.29 is 14.5 Å². The van der Waals surface area contributed by atoms with Crippen molar-refractivity contribution in [3.63, 3.8) is 0 Å². The smallest absolute Gasteiger partial charge is 0.269 e. The van der Waals surface area contributed by atoms with Crippen molar-refractivity contribution in [2.75, 3.05) is 31.0 Å². The number of anilines is 2. The number of carbonyl (C=O) groups is 1. The lowest BCUT2D eigenvalue weighted by Crippen LogP contribution is -2.30. The van der Waals surface area contributed by atoms with Crippen LogP contribution >= 0.6 is 0 Å². The van der Waals surface area contributed by atoms with Crippen molar-refractivity contribution >= 4 is 23.0 Å². The second kappa shape index (κ2) is 9.09. The summed E-state index contributed by atoms with van der Waals surface area (Å²) in [6.07, 6.45) is 0. The molecule has 0 heterocycles. The lowest BCUT2D eigenvalue weighted by atomic mass is 10.1. The van der Waals surface area contributed by atoms with Gasteiger partial charge in [-0.05, 0) is 54.1 Å². The molecule has 0 unspecified atom stereocenters. The van der Waals surface area contributed by atoms with E-state index in [1.54, 1.807) is 24.1 Å². The first kappa shape index (κ1) is 20.9. The third-order valence-corrected chi connectivity index (χ3v) is 4.75. The summed E-state index contributed by atoms with van der Waals surface area (Å²) >= 11 is 0. The van der Waals surface area contributed by atoms with Gasteiger partial charge in [0.25, 0.3) is 11.6 Å². The molecule has 7 nitrogen and oxygen atoms in total. The Labute approximate surface area is 175 Å². The Morgan fingerprint density at radius 1 is 0.900 bits per heavy atom. The van der Waals surface area contributed by atoms with Gasteiger partial charge in [-0.15, -0.1) is 0 Å². The Kier molecular flexibility index (Phi) is 6.32. The molecule has 0 atom stereocenters. The van der Waals surface area contributed by atoms with Crippen LogP contribution in [0.25, 0.3) is 0 Å². The highest BCUT2D eigenvalue weighted by Crippen LogP contribution is 2.25. The number of methoxy groups -OCH3 is 1. The van der Waals surface area contributed by atoms with Gasteiger partial charge in [0.2, 0.25) is 0 Å². The second-order valence-corrected chi connectivity index (χ2v) is 6.95. The summed E-state index contributed by atoms with van der Waals surface area (Å²) in [4.78, 5) is 27.4. The van der Waals surface area contributed by atoms with Crippen LogP contribution in [-0.4, -0.2) is 32.0 Å². The zero-order valence-electron chi connectivity index (χ0n) is 17.1. The third kappa shape index (κ3) is 4.75. The SMILES string of the molecule is COc1ccc(N(Cc2ccc(N(C)C)cc2)C(=O)c2ccc([N+](=O)[O-])cc2)cc1. The highest BCUT2D eigenvalue weighted by Gasteiger charge is 2.19. The molecule has 1 amide bonds. The number of nitro groups is 1. The van der Waals surface area contributed by atoms with Gasteiger partial charge in [0, 0.05) is 43.2 Å². The summed E-state index contributed by atoms with van der Waals surface area (Å²) in [5.74, 6) is 0.448. The van der Waals surface area contributed by atoms with Gasteiger partial charge in [-0.25, -0.2) is 0 Å². The molecule has 3 aromatic carbocycles. The first-order valence-electron chi connectivity index (χ1n) is 9.35. The molecule has 3 aromatic rings. The molecule has 30 heavy (non-hydrogen) atoms. The predicted octanol–water partition coefficient (Wildman–Crippen LogP) is 4.52. The minimum Gasteiger partial charge on any atom is -0.497 e. The molecule has 154 valence electrons. The van der Waals surface area contributed by atoms with Crippen molar-refractivity contribution in [1.82, 2.24) is 0 Å². The maximum Gasteiger partial charge on any atom is 0.269 e. The average molecular weight is 405 g/mol. The number of benzene rings is 3. The van der Waals surface area contributed by atoms with E-state index in [0.29, 0.717) is 23.5 Å². The van der Waals surface area contributed by atoms with Crippen LogP contribution in [0, 0.1) is 10.1 Å². The first-order chi connectivity index (χ1) is 14.4. The zero-order chi connectivity index (χ0) is 21.7. The van der Waals surface area contributed by atoms with Gasteiger partial charge in [-0.1, -0.05) is 12.1 Å². The van der Waals surface area contributed by atoms with E-state index in [9.17, 15) is 14.9 Å². The molecule has 0 aliphatic rings. The van der Waals surface area contributed by atoms with Crippen molar-refractivity contribution in [1.29, 1.82) is 0 Å². The van der Waals surface area contributed by atoms with Crippen molar-refractivity contribution in [3.05, 3.63) is 94.0 Å². The number of ether oxygens (including phenoxy) is 1. The van der Waals surface area contributed by atoms with E-state index in [-0.39, 0.29) is 11.6 Å². The summed E-state index contributed by atoms with van der Waals surface area (Å²) in [5.41, 5.74) is 3.06. The molecular formula is C23H23N3O4. The van der Waals surface area contributed by atoms with E-state index >= 15 is 0 Å². The van der Waals surface area contributed by atoms with Crippen LogP contribution in [0.15, 0.2) is 72.8 Å². The van der Waals surface area contributed by atoms with Crippen LogP contribution in [0.5, 0.6) is 5.75 Å². The summed E-state index contributed by atoms with van der Waals surface area (Å²) in [6, 6.07) is 20.8. The van der Waals surface area contributed by atoms with Crippen LogP contribution in [0.3, 0.4) is 0 Å². The molecule has 0 N–H and O–H groups in total. The number of carbonyl (C=O) groups excluding carboxylic acids is 1. The van der Waals surface area contributed by atoms with Gasteiger partial charge in [-0.3, -0.25) is 14.9 Å². The van der Waals surface area contributed by atoms with Crippen LogP contribution in [0.1, 0.15) is 15.9 Å². The molecule has 0 fully saturated rings. The van der Waals surface area contributed by atoms with E-state index < -0.39 is 4.92 Å². The quantitative estimate of drug-likeness (QED) is 0.427. The highest BCUT2D eigenvalue weighted by atomic mass is 16.6. The normalized spacial score (nSPS) is 10.4. The zero-order valence-corrected chi connectivity index (χ0v) is 17.1. The highest BCUT2D eigenvalue weighted by molar-refractivity contribution is 6.06.